The van der Waals surface area contributed by atoms with Crippen molar-refractivity contribution < 1.29 is 14.4 Å². The topological polar surface area (TPSA) is 63.3 Å². The van der Waals surface area contributed by atoms with Crippen molar-refractivity contribution >= 4 is 16.9 Å². The maximum absolute atomic E-state index is 10.5. The maximum atomic E-state index is 10.5. The highest BCUT2D eigenvalue weighted by Gasteiger charge is 2.09. The second kappa shape index (κ2) is 3.73. The minimum Gasteiger partial charge on any atom is -0.481 e. The molecule has 0 unspecified atom stereocenters. The summed E-state index contributed by atoms with van der Waals surface area (Å²) in [6.45, 7) is 1.87. The number of aromatic nitrogens is 1. The van der Waals surface area contributed by atoms with Crippen LogP contribution in [0.5, 0.6) is 0 Å². The fraction of sp³-hybridized carbons (Fsp3) is 0.273. The van der Waals surface area contributed by atoms with Crippen LogP contribution in [0, 0.1) is 6.92 Å². The highest BCUT2D eigenvalue weighted by atomic mass is 16.5. The van der Waals surface area contributed by atoms with Crippen molar-refractivity contribution in [1.82, 2.24) is 5.16 Å². The zero-order valence-corrected chi connectivity index (χ0v) is 8.36. The Kier molecular flexibility index (Phi) is 2.41. The number of aryl methyl sites for hydroxylation is 2. The number of rotatable bonds is 3. The van der Waals surface area contributed by atoms with Crippen molar-refractivity contribution in [3.05, 3.63) is 29.5 Å². The molecule has 0 spiro atoms. The summed E-state index contributed by atoms with van der Waals surface area (Å²) in [5, 5.41) is 13.4. The first-order valence-corrected chi connectivity index (χ1v) is 4.74. The molecule has 1 aromatic carbocycles. The van der Waals surface area contributed by atoms with E-state index >= 15 is 0 Å². The lowest BCUT2D eigenvalue weighted by molar-refractivity contribution is -0.136. The summed E-state index contributed by atoms with van der Waals surface area (Å²) < 4.78 is 5.17. The normalized spacial score (nSPS) is 10.7. The Morgan fingerprint density at radius 3 is 3.07 bits per heavy atom. The van der Waals surface area contributed by atoms with Gasteiger partial charge in [-0.05, 0) is 25.0 Å². The molecule has 0 fully saturated rings. The van der Waals surface area contributed by atoms with E-state index in [0.29, 0.717) is 12.0 Å². The average molecular weight is 205 g/mol. The Labute approximate surface area is 86.5 Å². The van der Waals surface area contributed by atoms with Gasteiger partial charge in [0.15, 0.2) is 5.58 Å². The molecular formula is C11H11NO3. The van der Waals surface area contributed by atoms with E-state index in [0.717, 1.165) is 16.6 Å². The van der Waals surface area contributed by atoms with Gasteiger partial charge in [0.2, 0.25) is 0 Å². The first-order valence-electron chi connectivity index (χ1n) is 4.74. The van der Waals surface area contributed by atoms with Crippen LogP contribution < -0.4 is 0 Å². The standard InChI is InChI=1S/C11H11NO3/c1-7-9-4-2-3-8(5-6-10(13)14)11(9)15-12-7/h2-4H,5-6H2,1H3,(H,13,14). The number of aliphatic carboxylic acids is 1. The van der Waals surface area contributed by atoms with E-state index in [1.165, 1.54) is 0 Å². The fourth-order valence-electron chi connectivity index (χ4n) is 1.58. The molecule has 0 aliphatic rings. The third-order valence-electron chi connectivity index (χ3n) is 2.37. The van der Waals surface area contributed by atoms with E-state index in [2.05, 4.69) is 5.16 Å². The smallest absolute Gasteiger partial charge is 0.303 e. The van der Waals surface area contributed by atoms with Crippen molar-refractivity contribution in [3.8, 4) is 0 Å². The first kappa shape index (κ1) is 9.71. The lowest BCUT2D eigenvalue weighted by atomic mass is 10.1. The number of nitrogens with zero attached hydrogens (tertiary/aromatic N) is 1. The van der Waals surface area contributed by atoms with Crippen molar-refractivity contribution in [2.75, 3.05) is 0 Å². The summed E-state index contributed by atoms with van der Waals surface area (Å²) in [6.07, 6.45) is 0.583. The van der Waals surface area contributed by atoms with Crippen molar-refractivity contribution in [2.45, 2.75) is 19.8 Å². The number of carbonyl (C=O) groups is 1. The molecule has 2 rings (SSSR count). The van der Waals surface area contributed by atoms with Crippen LogP contribution in [0.25, 0.3) is 11.0 Å². The molecule has 0 aliphatic carbocycles. The Balaban J connectivity index is 2.38. The summed E-state index contributed by atoms with van der Waals surface area (Å²) >= 11 is 0. The molecule has 0 saturated carbocycles. The number of carboxylic acids is 1. The number of hydrogen-bond acceptors (Lipinski definition) is 3. The zero-order chi connectivity index (χ0) is 10.8. The molecule has 4 nitrogen and oxygen atoms in total. The monoisotopic (exact) mass is 205 g/mol. The number of para-hydroxylation sites is 1. The lowest BCUT2D eigenvalue weighted by Crippen LogP contribution is -1.97. The van der Waals surface area contributed by atoms with Gasteiger partial charge >= 0.3 is 5.97 Å². The molecule has 0 radical (unpaired) electrons. The molecule has 0 saturated heterocycles. The maximum Gasteiger partial charge on any atom is 0.303 e. The summed E-state index contributed by atoms with van der Waals surface area (Å²) in [4.78, 5) is 10.5. The Hall–Kier alpha value is -1.84. The molecule has 2 aromatic rings. The third kappa shape index (κ3) is 1.83. The van der Waals surface area contributed by atoms with Gasteiger partial charge in [-0.3, -0.25) is 4.79 Å². The molecule has 15 heavy (non-hydrogen) atoms. The summed E-state index contributed by atoms with van der Waals surface area (Å²) in [5.74, 6) is -0.803. The molecule has 0 bridgehead atoms. The van der Waals surface area contributed by atoms with E-state index in [1.807, 2.05) is 25.1 Å². The first-order chi connectivity index (χ1) is 7.18. The van der Waals surface area contributed by atoms with Gasteiger partial charge in [-0.2, -0.15) is 0 Å². The quantitative estimate of drug-likeness (QED) is 0.833. The van der Waals surface area contributed by atoms with Crippen LogP contribution in [0.1, 0.15) is 17.7 Å². The third-order valence-corrected chi connectivity index (χ3v) is 2.37. The molecule has 1 heterocycles. The second-order valence-corrected chi connectivity index (χ2v) is 3.46. The van der Waals surface area contributed by atoms with Gasteiger partial charge in [0.1, 0.15) is 0 Å². The van der Waals surface area contributed by atoms with Crippen LogP contribution in [-0.4, -0.2) is 16.2 Å². The van der Waals surface area contributed by atoms with E-state index in [-0.39, 0.29) is 6.42 Å². The average Bonchev–Trinajstić information content (AvgIpc) is 2.58. The zero-order valence-electron chi connectivity index (χ0n) is 8.36. The van der Waals surface area contributed by atoms with Crippen LogP contribution in [0.15, 0.2) is 22.7 Å². The van der Waals surface area contributed by atoms with E-state index in [1.54, 1.807) is 0 Å². The molecule has 0 amide bonds. The van der Waals surface area contributed by atoms with Crippen LogP contribution >= 0.6 is 0 Å². The van der Waals surface area contributed by atoms with Crippen LogP contribution in [0.3, 0.4) is 0 Å². The second-order valence-electron chi connectivity index (χ2n) is 3.46. The molecule has 78 valence electrons. The number of benzene rings is 1. The van der Waals surface area contributed by atoms with Crippen LogP contribution in [-0.2, 0) is 11.2 Å². The summed E-state index contributed by atoms with van der Waals surface area (Å²) in [5.41, 5.74) is 2.44. The summed E-state index contributed by atoms with van der Waals surface area (Å²) in [7, 11) is 0. The van der Waals surface area contributed by atoms with Gasteiger partial charge in [0.05, 0.1) is 5.69 Å². The lowest BCUT2D eigenvalue weighted by Gasteiger charge is -1.98. The predicted octanol–water partition coefficient (Wildman–Crippen LogP) is 2.15. The minimum atomic E-state index is -0.803. The number of hydrogen-bond donors (Lipinski definition) is 1. The molecular weight excluding hydrogens is 194 g/mol. The Morgan fingerprint density at radius 2 is 2.33 bits per heavy atom. The van der Waals surface area contributed by atoms with Crippen LogP contribution in [0.4, 0.5) is 0 Å². The summed E-state index contributed by atoms with van der Waals surface area (Å²) in [6, 6.07) is 5.69. The molecule has 0 atom stereocenters. The van der Waals surface area contributed by atoms with Gasteiger partial charge in [-0.25, -0.2) is 0 Å². The Bertz CT molecular complexity index is 502. The number of fused-ring (bicyclic) bond motifs is 1. The van der Waals surface area contributed by atoms with Gasteiger partial charge in [0, 0.05) is 11.8 Å². The molecule has 4 heteroatoms. The van der Waals surface area contributed by atoms with Crippen molar-refractivity contribution in [2.24, 2.45) is 0 Å². The molecule has 0 aliphatic heterocycles. The van der Waals surface area contributed by atoms with Crippen molar-refractivity contribution in [3.63, 3.8) is 0 Å². The van der Waals surface area contributed by atoms with Crippen LogP contribution in [0.2, 0.25) is 0 Å². The minimum absolute atomic E-state index is 0.110. The highest BCUT2D eigenvalue weighted by Crippen LogP contribution is 2.22. The SMILES string of the molecule is Cc1noc2c(CCC(=O)O)cccc12. The van der Waals surface area contributed by atoms with Gasteiger partial charge in [0.25, 0.3) is 0 Å². The highest BCUT2D eigenvalue weighted by molar-refractivity contribution is 5.82. The van der Waals surface area contributed by atoms with Gasteiger partial charge < -0.3 is 9.63 Å². The molecule has 1 N–H and O–H groups in total. The van der Waals surface area contributed by atoms with E-state index in [9.17, 15) is 4.79 Å². The van der Waals surface area contributed by atoms with E-state index < -0.39 is 5.97 Å². The van der Waals surface area contributed by atoms with Gasteiger partial charge in [-0.1, -0.05) is 17.3 Å². The fourth-order valence-corrected chi connectivity index (χ4v) is 1.58. The van der Waals surface area contributed by atoms with Crippen molar-refractivity contribution in [1.29, 1.82) is 0 Å². The largest absolute Gasteiger partial charge is 0.481 e. The Morgan fingerprint density at radius 1 is 1.53 bits per heavy atom. The van der Waals surface area contributed by atoms with E-state index in [4.69, 9.17) is 9.63 Å². The molecule has 1 aromatic heterocycles. The number of carboxylic acid groups (broad SMARTS) is 1. The van der Waals surface area contributed by atoms with Gasteiger partial charge in [-0.15, -0.1) is 0 Å². The predicted molar refractivity (Wildman–Crippen MR) is 54.7 cm³/mol.